The molecule has 0 radical (unpaired) electrons. The molecule has 1 aromatic heterocycles. The molecule has 3 nitrogen and oxygen atoms in total. The average molecular weight is 215 g/mol. The van der Waals surface area contributed by atoms with E-state index in [9.17, 15) is 0 Å². The molecule has 2 aromatic rings. The van der Waals surface area contributed by atoms with Crippen LogP contribution in [0.15, 0.2) is 42.6 Å². The van der Waals surface area contributed by atoms with Crippen LogP contribution in [0.5, 0.6) is 0 Å². The van der Waals surface area contributed by atoms with Crippen molar-refractivity contribution in [1.29, 1.82) is 0 Å². The van der Waals surface area contributed by atoms with Crippen molar-refractivity contribution >= 4 is 5.82 Å². The molecule has 1 atom stereocenters. The van der Waals surface area contributed by atoms with Crippen LogP contribution in [0.2, 0.25) is 0 Å². The van der Waals surface area contributed by atoms with E-state index >= 15 is 0 Å². The summed E-state index contributed by atoms with van der Waals surface area (Å²) >= 11 is 0. The van der Waals surface area contributed by atoms with Gasteiger partial charge in [0.05, 0.1) is 6.20 Å². The van der Waals surface area contributed by atoms with Gasteiger partial charge in [-0.25, -0.2) is 0 Å². The van der Waals surface area contributed by atoms with Crippen molar-refractivity contribution in [2.24, 2.45) is 7.05 Å². The SMILES string of the molecule is C[C@H](CNc1ccnn1C)c1ccccc1. The molecule has 0 aliphatic carbocycles. The monoisotopic (exact) mass is 215 g/mol. The first-order valence-electron chi connectivity index (χ1n) is 5.54. The van der Waals surface area contributed by atoms with Gasteiger partial charge in [0.1, 0.15) is 5.82 Å². The summed E-state index contributed by atoms with van der Waals surface area (Å²) < 4.78 is 1.84. The van der Waals surface area contributed by atoms with Crippen molar-refractivity contribution in [3.05, 3.63) is 48.2 Å². The number of hydrogen-bond acceptors (Lipinski definition) is 2. The molecule has 3 heteroatoms. The lowest BCUT2D eigenvalue weighted by Crippen LogP contribution is -2.12. The number of aromatic nitrogens is 2. The highest BCUT2D eigenvalue weighted by molar-refractivity contribution is 5.34. The molecule has 0 saturated carbocycles. The molecular formula is C13H17N3. The summed E-state index contributed by atoms with van der Waals surface area (Å²) in [6, 6.07) is 12.5. The first kappa shape index (κ1) is 10.7. The van der Waals surface area contributed by atoms with Crippen LogP contribution in [0, 0.1) is 0 Å². The van der Waals surface area contributed by atoms with Crippen LogP contribution in [-0.2, 0) is 7.05 Å². The molecule has 1 aromatic carbocycles. The zero-order valence-electron chi connectivity index (χ0n) is 9.72. The smallest absolute Gasteiger partial charge is 0.123 e. The van der Waals surface area contributed by atoms with Crippen LogP contribution >= 0.6 is 0 Å². The average Bonchev–Trinajstić information content (AvgIpc) is 2.73. The van der Waals surface area contributed by atoms with E-state index < -0.39 is 0 Å². The normalized spacial score (nSPS) is 12.4. The van der Waals surface area contributed by atoms with Gasteiger partial charge in [-0.1, -0.05) is 37.3 Å². The fourth-order valence-electron chi connectivity index (χ4n) is 1.70. The van der Waals surface area contributed by atoms with E-state index in [0.29, 0.717) is 5.92 Å². The maximum Gasteiger partial charge on any atom is 0.123 e. The predicted octanol–water partition coefficient (Wildman–Crippen LogP) is 2.64. The van der Waals surface area contributed by atoms with Crippen molar-refractivity contribution in [1.82, 2.24) is 9.78 Å². The molecule has 0 bridgehead atoms. The van der Waals surface area contributed by atoms with Crippen molar-refractivity contribution in [2.45, 2.75) is 12.8 Å². The van der Waals surface area contributed by atoms with Crippen LogP contribution in [-0.4, -0.2) is 16.3 Å². The van der Waals surface area contributed by atoms with Crippen molar-refractivity contribution in [3.8, 4) is 0 Å². The Morgan fingerprint density at radius 1 is 1.25 bits per heavy atom. The summed E-state index contributed by atoms with van der Waals surface area (Å²) in [7, 11) is 1.94. The fourth-order valence-corrected chi connectivity index (χ4v) is 1.70. The second kappa shape index (κ2) is 4.84. The minimum Gasteiger partial charge on any atom is -0.370 e. The summed E-state index contributed by atoms with van der Waals surface area (Å²) in [5.41, 5.74) is 1.36. The second-order valence-corrected chi connectivity index (χ2v) is 4.03. The Labute approximate surface area is 96.1 Å². The van der Waals surface area contributed by atoms with E-state index in [1.54, 1.807) is 6.20 Å². The summed E-state index contributed by atoms with van der Waals surface area (Å²) in [4.78, 5) is 0. The highest BCUT2D eigenvalue weighted by Gasteiger charge is 2.05. The molecule has 0 aliphatic heterocycles. The number of rotatable bonds is 4. The molecular weight excluding hydrogens is 198 g/mol. The number of nitrogens with zero attached hydrogens (tertiary/aromatic N) is 2. The van der Waals surface area contributed by atoms with E-state index in [4.69, 9.17) is 0 Å². The Kier molecular flexibility index (Phi) is 3.25. The first-order valence-corrected chi connectivity index (χ1v) is 5.54. The van der Waals surface area contributed by atoms with Crippen molar-refractivity contribution < 1.29 is 0 Å². The third kappa shape index (κ3) is 2.42. The molecule has 0 fully saturated rings. The Balaban J connectivity index is 1.94. The van der Waals surface area contributed by atoms with Gasteiger partial charge in [-0.15, -0.1) is 0 Å². The van der Waals surface area contributed by atoms with Gasteiger partial charge in [-0.3, -0.25) is 4.68 Å². The molecule has 2 rings (SSSR count). The minimum absolute atomic E-state index is 0.496. The maximum atomic E-state index is 4.12. The summed E-state index contributed by atoms with van der Waals surface area (Å²) in [5, 5.41) is 7.51. The Bertz CT molecular complexity index is 433. The predicted molar refractivity (Wildman–Crippen MR) is 66.6 cm³/mol. The highest BCUT2D eigenvalue weighted by atomic mass is 15.3. The van der Waals surface area contributed by atoms with E-state index in [1.165, 1.54) is 5.56 Å². The molecule has 0 amide bonds. The first-order chi connectivity index (χ1) is 7.77. The number of nitrogens with one attached hydrogen (secondary N) is 1. The number of hydrogen-bond donors (Lipinski definition) is 1. The summed E-state index contributed by atoms with van der Waals surface area (Å²) in [6.45, 7) is 3.14. The zero-order valence-corrected chi connectivity index (χ0v) is 9.72. The minimum atomic E-state index is 0.496. The fraction of sp³-hybridized carbons (Fsp3) is 0.308. The zero-order chi connectivity index (χ0) is 11.4. The molecule has 16 heavy (non-hydrogen) atoms. The van der Waals surface area contributed by atoms with Crippen LogP contribution in [0.3, 0.4) is 0 Å². The van der Waals surface area contributed by atoms with Gasteiger partial charge in [-0.2, -0.15) is 5.10 Å². The highest BCUT2D eigenvalue weighted by Crippen LogP contribution is 2.15. The van der Waals surface area contributed by atoms with Crippen LogP contribution in [0.4, 0.5) is 5.82 Å². The van der Waals surface area contributed by atoms with Gasteiger partial charge in [-0.05, 0) is 11.5 Å². The summed E-state index contributed by atoms with van der Waals surface area (Å²) in [6.07, 6.45) is 1.80. The lowest BCUT2D eigenvalue weighted by atomic mass is 10.0. The van der Waals surface area contributed by atoms with Gasteiger partial charge in [0.15, 0.2) is 0 Å². The van der Waals surface area contributed by atoms with Gasteiger partial charge < -0.3 is 5.32 Å². The summed E-state index contributed by atoms with van der Waals surface area (Å²) in [5.74, 6) is 1.55. The number of anilines is 1. The third-order valence-corrected chi connectivity index (χ3v) is 2.78. The van der Waals surface area contributed by atoms with Gasteiger partial charge in [0.2, 0.25) is 0 Å². The second-order valence-electron chi connectivity index (χ2n) is 4.03. The molecule has 0 saturated heterocycles. The van der Waals surface area contributed by atoms with E-state index in [1.807, 2.05) is 23.9 Å². The molecule has 0 aliphatic rings. The van der Waals surface area contributed by atoms with E-state index in [-0.39, 0.29) is 0 Å². The Hall–Kier alpha value is -1.77. The lowest BCUT2D eigenvalue weighted by Gasteiger charge is -2.13. The van der Waals surface area contributed by atoms with Gasteiger partial charge in [0.25, 0.3) is 0 Å². The van der Waals surface area contributed by atoms with Gasteiger partial charge >= 0.3 is 0 Å². The van der Waals surface area contributed by atoms with Crippen molar-refractivity contribution in [3.63, 3.8) is 0 Å². The van der Waals surface area contributed by atoms with E-state index in [2.05, 4.69) is 41.6 Å². The lowest BCUT2D eigenvalue weighted by molar-refractivity contribution is 0.747. The maximum absolute atomic E-state index is 4.12. The molecule has 0 spiro atoms. The van der Waals surface area contributed by atoms with E-state index in [0.717, 1.165) is 12.4 Å². The molecule has 1 heterocycles. The van der Waals surface area contributed by atoms with Crippen LogP contribution in [0.25, 0.3) is 0 Å². The topological polar surface area (TPSA) is 29.9 Å². The third-order valence-electron chi connectivity index (χ3n) is 2.78. The van der Waals surface area contributed by atoms with Gasteiger partial charge in [0, 0.05) is 19.7 Å². The largest absolute Gasteiger partial charge is 0.370 e. The van der Waals surface area contributed by atoms with Crippen LogP contribution in [0.1, 0.15) is 18.4 Å². The molecule has 84 valence electrons. The Morgan fingerprint density at radius 3 is 2.62 bits per heavy atom. The quantitative estimate of drug-likeness (QED) is 0.849. The number of aryl methyl sites for hydroxylation is 1. The number of benzene rings is 1. The molecule has 1 N–H and O–H groups in total. The van der Waals surface area contributed by atoms with Crippen LogP contribution < -0.4 is 5.32 Å². The standard InChI is InChI=1S/C13H17N3/c1-11(12-6-4-3-5-7-12)10-14-13-8-9-15-16(13)2/h3-9,11,14H,10H2,1-2H3/t11-/m1/s1. The van der Waals surface area contributed by atoms with Crippen molar-refractivity contribution in [2.75, 3.05) is 11.9 Å². The molecule has 0 unspecified atom stereocenters. The Morgan fingerprint density at radius 2 is 2.00 bits per heavy atom.